The Morgan fingerprint density at radius 1 is 1.26 bits per heavy atom. The third kappa shape index (κ3) is 2.61. The van der Waals surface area contributed by atoms with E-state index in [2.05, 4.69) is 40.4 Å². The fourth-order valence-electron chi connectivity index (χ4n) is 3.28. The maximum Gasteiger partial charge on any atom is 0.119 e. The summed E-state index contributed by atoms with van der Waals surface area (Å²) in [6, 6.07) is 9.60. The van der Waals surface area contributed by atoms with Gasteiger partial charge in [-0.2, -0.15) is 0 Å². The Kier molecular flexibility index (Phi) is 3.73. The van der Waals surface area contributed by atoms with E-state index in [-0.39, 0.29) is 0 Å². The lowest BCUT2D eigenvalue weighted by molar-refractivity contribution is 0.0289. The van der Waals surface area contributed by atoms with Crippen molar-refractivity contribution >= 4 is 0 Å². The fraction of sp³-hybridized carbons (Fsp3) is 0.600. The second kappa shape index (κ2) is 5.49. The van der Waals surface area contributed by atoms with Gasteiger partial charge in [0.1, 0.15) is 5.75 Å². The molecule has 4 nitrogen and oxygen atoms in total. The minimum Gasteiger partial charge on any atom is -0.497 e. The molecule has 2 aliphatic heterocycles. The average molecular weight is 261 g/mol. The van der Waals surface area contributed by atoms with Gasteiger partial charge < -0.3 is 15.0 Å². The number of benzene rings is 1. The van der Waals surface area contributed by atoms with Crippen LogP contribution >= 0.6 is 0 Å². The van der Waals surface area contributed by atoms with Crippen molar-refractivity contribution in [2.75, 3.05) is 46.9 Å². The summed E-state index contributed by atoms with van der Waals surface area (Å²) in [4.78, 5) is 5.09. The lowest BCUT2D eigenvalue weighted by atomic mass is 9.98. The van der Waals surface area contributed by atoms with Crippen LogP contribution in [0.4, 0.5) is 0 Å². The van der Waals surface area contributed by atoms with Crippen LogP contribution in [0.15, 0.2) is 24.3 Å². The molecule has 104 valence electrons. The Labute approximate surface area is 115 Å². The van der Waals surface area contributed by atoms with E-state index in [1.54, 1.807) is 7.11 Å². The summed E-state index contributed by atoms with van der Waals surface area (Å²) in [5.41, 5.74) is 1.36. The average Bonchev–Trinajstić information content (AvgIpc) is 2.46. The first-order valence-electron chi connectivity index (χ1n) is 7.07. The van der Waals surface area contributed by atoms with Gasteiger partial charge in [0.25, 0.3) is 0 Å². The number of fused-ring (bicyclic) bond motifs is 1. The SMILES string of the molecule is COc1cccc(C2CNCC3CN(C)CCN32)c1. The predicted octanol–water partition coefficient (Wildman–Crippen LogP) is 0.955. The summed E-state index contributed by atoms with van der Waals surface area (Å²) in [6.45, 7) is 5.62. The molecule has 0 radical (unpaired) electrons. The van der Waals surface area contributed by atoms with Gasteiger partial charge in [0.2, 0.25) is 0 Å². The van der Waals surface area contributed by atoms with E-state index in [0.717, 1.165) is 38.5 Å². The molecule has 1 N–H and O–H groups in total. The monoisotopic (exact) mass is 261 g/mol. The van der Waals surface area contributed by atoms with Crippen LogP contribution in [-0.4, -0.2) is 62.7 Å². The third-order valence-electron chi connectivity index (χ3n) is 4.33. The molecule has 1 aromatic rings. The number of methoxy groups -OCH3 is 1. The molecule has 3 rings (SSSR count). The largest absolute Gasteiger partial charge is 0.497 e. The number of rotatable bonds is 2. The van der Waals surface area contributed by atoms with E-state index in [4.69, 9.17) is 4.74 Å². The molecule has 0 spiro atoms. The zero-order valence-electron chi connectivity index (χ0n) is 11.8. The smallest absolute Gasteiger partial charge is 0.119 e. The topological polar surface area (TPSA) is 27.7 Å². The first-order valence-corrected chi connectivity index (χ1v) is 7.07. The van der Waals surface area contributed by atoms with Gasteiger partial charge >= 0.3 is 0 Å². The zero-order chi connectivity index (χ0) is 13.2. The summed E-state index contributed by atoms with van der Waals surface area (Å²) < 4.78 is 5.35. The maximum absolute atomic E-state index is 5.35. The van der Waals surface area contributed by atoms with Crippen molar-refractivity contribution in [1.82, 2.24) is 15.1 Å². The van der Waals surface area contributed by atoms with E-state index in [1.165, 1.54) is 5.56 Å². The molecule has 0 bridgehead atoms. The zero-order valence-corrected chi connectivity index (χ0v) is 11.8. The van der Waals surface area contributed by atoms with Gasteiger partial charge in [-0.05, 0) is 24.7 Å². The van der Waals surface area contributed by atoms with Crippen molar-refractivity contribution in [3.8, 4) is 5.75 Å². The van der Waals surface area contributed by atoms with Gasteiger partial charge in [-0.25, -0.2) is 0 Å². The summed E-state index contributed by atoms with van der Waals surface area (Å²) in [5, 5.41) is 3.58. The molecule has 0 aliphatic carbocycles. The van der Waals surface area contributed by atoms with Crippen molar-refractivity contribution in [3.05, 3.63) is 29.8 Å². The molecule has 2 aliphatic rings. The normalized spacial score (nSPS) is 28.9. The van der Waals surface area contributed by atoms with Crippen LogP contribution in [0.2, 0.25) is 0 Å². The van der Waals surface area contributed by atoms with E-state index in [1.807, 2.05) is 6.07 Å². The number of nitrogens with zero attached hydrogens (tertiary/aromatic N) is 2. The second-order valence-electron chi connectivity index (χ2n) is 5.60. The van der Waals surface area contributed by atoms with E-state index < -0.39 is 0 Å². The van der Waals surface area contributed by atoms with E-state index >= 15 is 0 Å². The van der Waals surface area contributed by atoms with Gasteiger partial charge in [0.05, 0.1) is 7.11 Å². The molecule has 2 saturated heterocycles. The third-order valence-corrected chi connectivity index (χ3v) is 4.33. The second-order valence-corrected chi connectivity index (χ2v) is 5.60. The van der Waals surface area contributed by atoms with Gasteiger partial charge in [-0.1, -0.05) is 12.1 Å². The van der Waals surface area contributed by atoms with Crippen LogP contribution in [0.5, 0.6) is 5.75 Å². The van der Waals surface area contributed by atoms with Crippen LogP contribution in [-0.2, 0) is 0 Å². The van der Waals surface area contributed by atoms with Crippen LogP contribution < -0.4 is 10.1 Å². The lowest BCUT2D eigenvalue weighted by Gasteiger charge is -2.48. The molecular formula is C15H23N3O. The summed E-state index contributed by atoms with van der Waals surface area (Å²) in [6.07, 6.45) is 0. The molecule has 2 fully saturated rings. The van der Waals surface area contributed by atoms with Gasteiger partial charge in [-0.15, -0.1) is 0 Å². The molecule has 19 heavy (non-hydrogen) atoms. The Hall–Kier alpha value is -1.10. The number of hydrogen-bond acceptors (Lipinski definition) is 4. The molecule has 2 unspecified atom stereocenters. The van der Waals surface area contributed by atoms with Crippen LogP contribution in [0.1, 0.15) is 11.6 Å². The summed E-state index contributed by atoms with van der Waals surface area (Å²) >= 11 is 0. The molecule has 2 heterocycles. The highest BCUT2D eigenvalue weighted by atomic mass is 16.5. The Morgan fingerprint density at radius 2 is 2.16 bits per heavy atom. The Morgan fingerprint density at radius 3 is 3.00 bits per heavy atom. The van der Waals surface area contributed by atoms with Crippen LogP contribution in [0.3, 0.4) is 0 Å². The van der Waals surface area contributed by atoms with Gasteiger partial charge in [0.15, 0.2) is 0 Å². The summed E-state index contributed by atoms with van der Waals surface area (Å²) in [7, 11) is 3.95. The van der Waals surface area contributed by atoms with E-state index in [0.29, 0.717) is 12.1 Å². The highest BCUT2D eigenvalue weighted by Crippen LogP contribution is 2.29. The maximum atomic E-state index is 5.35. The quantitative estimate of drug-likeness (QED) is 0.858. The Bertz CT molecular complexity index is 437. The molecule has 1 aromatic carbocycles. The lowest BCUT2D eigenvalue weighted by Crippen LogP contribution is -2.61. The molecule has 0 amide bonds. The minimum atomic E-state index is 0.475. The number of hydrogen-bond donors (Lipinski definition) is 1. The predicted molar refractivity (Wildman–Crippen MR) is 76.6 cm³/mol. The van der Waals surface area contributed by atoms with Crippen molar-refractivity contribution in [3.63, 3.8) is 0 Å². The highest BCUT2D eigenvalue weighted by Gasteiger charge is 2.34. The molecular weight excluding hydrogens is 238 g/mol. The van der Waals surface area contributed by atoms with Gasteiger partial charge in [-0.3, -0.25) is 4.90 Å². The molecule has 0 saturated carbocycles. The van der Waals surface area contributed by atoms with Gasteiger partial charge in [0, 0.05) is 44.8 Å². The van der Waals surface area contributed by atoms with Crippen LogP contribution in [0, 0.1) is 0 Å². The molecule has 0 aromatic heterocycles. The standard InChI is InChI=1S/C15H23N3O/c1-17-6-7-18-13(11-17)9-16-10-15(18)12-4-3-5-14(8-12)19-2/h3-5,8,13,15-16H,6-7,9-11H2,1-2H3. The first-order chi connectivity index (χ1) is 9.28. The molecule has 2 atom stereocenters. The molecule has 4 heteroatoms. The fourth-order valence-corrected chi connectivity index (χ4v) is 3.28. The number of ether oxygens (including phenoxy) is 1. The van der Waals surface area contributed by atoms with Crippen LogP contribution in [0.25, 0.3) is 0 Å². The minimum absolute atomic E-state index is 0.475. The van der Waals surface area contributed by atoms with E-state index in [9.17, 15) is 0 Å². The highest BCUT2D eigenvalue weighted by molar-refractivity contribution is 5.31. The number of likely N-dealkylation sites (N-methyl/N-ethyl adjacent to an activating group) is 1. The number of nitrogens with one attached hydrogen (secondary N) is 1. The number of piperazine rings is 2. The first kappa shape index (κ1) is 12.9. The Balaban J connectivity index is 1.82. The van der Waals surface area contributed by atoms with Crippen molar-refractivity contribution in [1.29, 1.82) is 0 Å². The van der Waals surface area contributed by atoms with Crippen molar-refractivity contribution in [2.24, 2.45) is 0 Å². The van der Waals surface area contributed by atoms with Crippen molar-refractivity contribution in [2.45, 2.75) is 12.1 Å². The van der Waals surface area contributed by atoms with Crippen molar-refractivity contribution < 1.29 is 4.74 Å². The summed E-state index contributed by atoms with van der Waals surface area (Å²) in [5.74, 6) is 0.953.